The van der Waals surface area contributed by atoms with Crippen LogP contribution in [-0.4, -0.2) is 71.6 Å². The summed E-state index contributed by atoms with van der Waals surface area (Å²) in [6.07, 6.45) is 0. The molecule has 0 amide bonds. The van der Waals surface area contributed by atoms with Crippen molar-refractivity contribution in [2.24, 2.45) is 0 Å². The summed E-state index contributed by atoms with van der Waals surface area (Å²) in [6.45, 7) is 3.85. The van der Waals surface area contributed by atoms with Crippen molar-refractivity contribution in [1.82, 2.24) is 0 Å². The number of carbonyl (C=O) groups is 3. The van der Waals surface area contributed by atoms with E-state index in [1.54, 1.807) is 17.0 Å². The Bertz CT molecular complexity index is 843. The number of Topliss-reactive ketones (excluding diaryl/α,β-unsaturated/α-hetero) is 1. The van der Waals surface area contributed by atoms with Crippen LogP contribution in [0.15, 0.2) is 29.5 Å². The van der Waals surface area contributed by atoms with Crippen LogP contribution in [0.25, 0.3) is 0 Å². The first-order chi connectivity index (χ1) is 14.0. The Balaban J connectivity index is 2.17. The van der Waals surface area contributed by atoms with Gasteiger partial charge in [-0.2, -0.15) is 0 Å². The maximum Gasteiger partial charge on any atom is 0.355 e. The second-order valence-corrected chi connectivity index (χ2v) is 6.58. The highest BCUT2D eigenvalue weighted by Crippen LogP contribution is 2.36. The molecule has 1 aromatic rings. The van der Waals surface area contributed by atoms with Crippen molar-refractivity contribution in [3.05, 3.63) is 35.0 Å². The Kier molecular flexibility index (Phi) is 6.50. The largest absolute Gasteiger partial charge is 0.466 e. The zero-order valence-electron chi connectivity index (χ0n) is 16.7. The molecule has 2 aliphatic rings. The molecular formula is C20H24N2O7. The third kappa shape index (κ3) is 4.25. The van der Waals surface area contributed by atoms with E-state index in [9.17, 15) is 14.4 Å². The average Bonchev–Trinajstić information content (AvgIpc) is 2.77. The van der Waals surface area contributed by atoms with Crippen LogP contribution in [0.1, 0.15) is 17.3 Å². The van der Waals surface area contributed by atoms with Crippen LogP contribution in [-0.2, 0) is 28.5 Å². The number of benzene rings is 1. The van der Waals surface area contributed by atoms with Crippen molar-refractivity contribution in [3.63, 3.8) is 0 Å². The maximum absolute atomic E-state index is 12.6. The van der Waals surface area contributed by atoms with Crippen LogP contribution in [0.4, 0.5) is 11.4 Å². The number of hydrogen-bond donors (Lipinski definition) is 0. The third-order valence-corrected chi connectivity index (χ3v) is 4.86. The number of hydrogen-bond acceptors (Lipinski definition) is 9. The van der Waals surface area contributed by atoms with E-state index >= 15 is 0 Å². The molecule has 0 bridgehead atoms. The number of anilines is 2. The summed E-state index contributed by atoms with van der Waals surface area (Å²) in [5, 5.41) is 0. The molecule has 9 heteroatoms. The lowest BCUT2D eigenvalue weighted by atomic mass is 10.1. The molecule has 3 rings (SSSR count). The van der Waals surface area contributed by atoms with Gasteiger partial charge in [0.2, 0.25) is 0 Å². The lowest BCUT2D eigenvalue weighted by Crippen LogP contribution is -2.41. The number of esters is 2. The van der Waals surface area contributed by atoms with E-state index in [4.69, 9.17) is 18.9 Å². The lowest BCUT2D eigenvalue weighted by Gasteiger charge is -2.36. The van der Waals surface area contributed by atoms with Crippen molar-refractivity contribution in [3.8, 4) is 0 Å². The van der Waals surface area contributed by atoms with Gasteiger partial charge in [-0.3, -0.25) is 4.79 Å². The van der Waals surface area contributed by atoms with E-state index in [2.05, 4.69) is 4.90 Å². The number of nitrogens with zero attached hydrogens (tertiary/aromatic N) is 2. The Morgan fingerprint density at radius 1 is 0.966 bits per heavy atom. The van der Waals surface area contributed by atoms with Crippen LogP contribution in [0.3, 0.4) is 0 Å². The van der Waals surface area contributed by atoms with Gasteiger partial charge in [0.15, 0.2) is 5.78 Å². The maximum atomic E-state index is 12.6. The molecule has 156 valence electrons. The van der Waals surface area contributed by atoms with Crippen LogP contribution in [0.2, 0.25) is 0 Å². The topological polar surface area (TPSA) is 94.6 Å². The highest BCUT2D eigenvalue weighted by Gasteiger charge is 2.34. The monoisotopic (exact) mass is 404 g/mol. The van der Waals surface area contributed by atoms with E-state index in [0.29, 0.717) is 37.6 Å². The molecule has 0 atom stereocenters. The summed E-state index contributed by atoms with van der Waals surface area (Å²) >= 11 is 0. The Morgan fingerprint density at radius 3 is 2.28 bits per heavy atom. The highest BCUT2D eigenvalue weighted by atomic mass is 16.5. The van der Waals surface area contributed by atoms with Crippen molar-refractivity contribution in [2.45, 2.75) is 6.92 Å². The molecule has 0 aliphatic carbocycles. The summed E-state index contributed by atoms with van der Waals surface area (Å²) in [5.74, 6) is -1.48. The molecule has 29 heavy (non-hydrogen) atoms. The predicted molar refractivity (Wildman–Crippen MR) is 104 cm³/mol. The van der Waals surface area contributed by atoms with Gasteiger partial charge in [-0.1, -0.05) is 0 Å². The van der Waals surface area contributed by atoms with Gasteiger partial charge in [0, 0.05) is 18.7 Å². The van der Waals surface area contributed by atoms with Gasteiger partial charge < -0.3 is 28.7 Å². The molecule has 1 fully saturated rings. The Morgan fingerprint density at radius 2 is 1.66 bits per heavy atom. The molecule has 0 spiro atoms. The molecule has 1 saturated heterocycles. The molecule has 0 N–H and O–H groups in total. The fourth-order valence-electron chi connectivity index (χ4n) is 3.36. The number of ether oxygens (including phenoxy) is 4. The van der Waals surface area contributed by atoms with Gasteiger partial charge in [0.05, 0.1) is 51.0 Å². The summed E-state index contributed by atoms with van der Waals surface area (Å²) in [4.78, 5) is 40.5. The van der Waals surface area contributed by atoms with Crippen molar-refractivity contribution in [1.29, 1.82) is 0 Å². The van der Waals surface area contributed by atoms with Gasteiger partial charge in [-0.05, 0) is 25.1 Å². The molecule has 0 unspecified atom stereocenters. The Hall–Kier alpha value is -2.91. The quantitative estimate of drug-likeness (QED) is 0.528. The van der Waals surface area contributed by atoms with E-state index in [-0.39, 0.29) is 30.4 Å². The van der Waals surface area contributed by atoms with Gasteiger partial charge in [-0.25, -0.2) is 9.59 Å². The standard InChI is InChI=1S/C20H24N2O7/c1-13(23)14-4-5-16(21-6-8-28-9-7-21)17(10-14)22-12-29-11-15(19(24)26-2)18(22)20(25)27-3/h4-5,10H,6-9,11-12H2,1-3H3. The summed E-state index contributed by atoms with van der Waals surface area (Å²) < 4.78 is 20.7. The summed E-state index contributed by atoms with van der Waals surface area (Å²) in [5.41, 5.74) is 1.95. The van der Waals surface area contributed by atoms with Gasteiger partial charge >= 0.3 is 11.9 Å². The minimum absolute atomic E-state index is 0.0175. The molecule has 2 heterocycles. The van der Waals surface area contributed by atoms with E-state index in [0.717, 1.165) is 5.69 Å². The Labute approximate surface area is 168 Å². The first-order valence-corrected chi connectivity index (χ1v) is 9.20. The summed E-state index contributed by atoms with van der Waals surface area (Å²) in [7, 11) is 2.48. The molecule has 2 aliphatic heterocycles. The average molecular weight is 404 g/mol. The highest BCUT2D eigenvalue weighted by molar-refractivity contribution is 6.05. The summed E-state index contributed by atoms with van der Waals surface area (Å²) in [6, 6.07) is 5.27. The van der Waals surface area contributed by atoms with Crippen molar-refractivity contribution >= 4 is 29.1 Å². The zero-order chi connectivity index (χ0) is 21.0. The number of methoxy groups -OCH3 is 2. The smallest absolute Gasteiger partial charge is 0.355 e. The van der Waals surface area contributed by atoms with Crippen LogP contribution >= 0.6 is 0 Å². The van der Waals surface area contributed by atoms with Gasteiger partial charge in [-0.15, -0.1) is 0 Å². The lowest BCUT2D eigenvalue weighted by molar-refractivity contribution is -0.140. The SMILES string of the molecule is COC(=O)C1=C(C(=O)OC)N(c2cc(C(C)=O)ccc2N2CCOCC2)COC1. The van der Waals surface area contributed by atoms with Gasteiger partial charge in [0.1, 0.15) is 12.4 Å². The molecule has 0 radical (unpaired) electrons. The molecule has 0 aromatic heterocycles. The number of rotatable bonds is 5. The van der Waals surface area contributed by atoms with Crippen molar-refractivity contribution in [2.75, 3.05) is 63.7 Å². The minimum Gasteiger partial charge on any atom is -0.466 e. The molecular weight excluding hydrogens is 380 g/mol. The fourth-order valence-corrected chi connectivity index (χ4v) is 3.36. The third-order valence-electron chi connectivity index (χ3n) is 4.86. The van der Waals surface area contributed by atoms with E-state index in [1.165, 1.54) is 21.1 Å². The number of carbonyl (C=O) groups excluding carboxylic acids is 3. The van der Waals surface area contributed by atoms with Crippen LogP contribution in [0.5, 0.6) is 0 Å². The molecule has 9 nitrogen and oxygen atoms in total. The predicted octanol–water partition coefficient (Wildman–Crippen LogP) is 1.12. The van der Waals surface area contributed by atoms with Gasteiger partial charge in [0.25, 0.3) is 0 Å². The van der Waals surface area contributed by atoms with Crippen LogP contribution < -0.4 is 9.80 Å². The first kappa shape index (κ1) is 20.8. The zero-order valence-corrected chi connectivity index (χ0v) is 16.7. The molecule has 1 aromatic carbocycles. The van der Waals surface area contributed by atoms with E-state index in [1.807, 2.05) is 6.07 Å². The van der Waals surface area contributed by atoms with Crippen molar-refractivity contribution < 1.29 is 33.3 Å². The second-order valence-electron chi connectivity index (χ2n) is 6.58. The second kappa shape index (κ2) is 9.06. The normalized spacial score (nSPS) is 17.2. The van der Waals surface area contributed by atoms with Crippen LogP contribution in [0, 0.1) is 0 Å². The first-order valence-electron chi connectivity index (χ1n) is 9.20. The molecule has 0 saturated carbocycles. The number of morpholine rings is 1. The fraction of sp³-hybridized carbons (Fsp3) is 0.450. The number of ketones is 1. The minimum atomic E-state index is -0.685. The van der Waals surface area contributed by atoms with E-state index < -0.39 is 11.9 Å².